The normalized spacial score (nSPS) is 10.3. The second kappa shape index (κ2) is 5.01. The van der Waals surface area contributed by atoms with E-state index >= 15 is 0 Å². The van der Waals surface area contributed by atoms with E-state index < -0.39 is 18.1 Å². The van der Waals surface area contributed by atoms with Gasteiger partial charge in [-0.2, -0.15) is 5.10 Å². The van der Waals surface area contributed by atoms with Crippen LogP contribution in [0.15, 0.2) is 41.3 Å². The Hall–Kier alpha value is -2.14. The quantitative estimate of drug-likeness (QED) is 0.915. The summed E-state index contributed by atoms with van der Waals surface area (Å²) in [5.74, 6) is -1.13. The Kier molecular flexibility index (Phi) is 3.43. The van der Waals surface area contributed by atoms with Crippen molar-refractivity contribution in [1.82, 2.24) is 9.78 Å². The number of carbonyl (C=O) groups is 1. The smallest absolute Gasteiger partial charge is 0.325 e. The molecule has 2 rings (SSSR count). The molecule has 0 amide bonds. The van der Waals surface area contributed by atoms with Crippen LogP contribution in [0.4, 0.5) is 0 Å². The van der Waals surface area contributed by atoms with Gasteiger partial charge in [0, 0.05) is 0 Å². The number of carboxylic acid groups (broad SMARTS) is 1. The second-order valence-electron chi connectivity index (χ2n) is 3.59. The van der Waals surface area contributed by atoms with E-state index in [-0.39, 0.29) is 10.6 Å². The summed E-state index contributed by atoms with van der Waals surface area (Å²) in [7, 11) is 0. The summed E-state index contributed by atoms with van der Waals surface area (Å²) in [5, 5.41) is 12.6. The number of carboxylic acids is 1. The molecule has 0 fully saturated rings. The van der Waals surface area contributed by atoms with E-state index in [2.05, 4.69) is 5.10 Å². The Balaban J connectivity index is 2.60. The maximum Gasteiger partial charge on any atom is 0.325 e. The predicted molar refractivity (Wildman–Crippen MR) is 66.6 cm³/mol. The van der Waals surface area contributed by atoms with Crippen LogP contribution in [-0.4, -0.2) is 20.9 Å². The molecule has 1 heterocycles. The number of benzene rings is 1. The van der Waals surface area contributed by atoms with Crippen molar-refractivity contribution in [2.24, 2.45) is 0 Å². The van der Waals surface area contributed by atoms with Gasteiger partial charge in [0.05, 0.1) is 16.8 Å². The highest BCUT2D eigenvalue weighted by Crippen LogP contribution is 2.22. The molecule has 1 aromatic heterocycles. The number of aliphatic carboxylic acids is 1. The molecular formula is C12H9ClN2O3. The Bertz CT molecular complexity index is 638. The van der Waals surface area contributed by atoms with Crippen molar-refractivity contribution in [2.45, 2.75) is 6.54 Å². The molecule has 18 heavy (non-hydrogen) atoms. The van der Waals surface area contributed by atoms with Gasteiger partial charge >= 0.3 is 5.97 Å². The zero-order valence-corrected chi connectivity index (χ0v) is 9.96. The van der Waals surface area contributed by atoms with Crippen LogP contribution in [0.1, 0.15) is 0 Å². The first kappa shape index (κ1) is 12.3. The standard InChI is InChI=1S/C12H9ClN2O3/c13-9-6-14-15(7-10(16)17)12(18)11(9)8-4-2-1-3-5-8/h1-6H,7H2,(H,16,17). The van der Waals surface area contributed by atoms with Crippen LogP contribution in [0.3, 0.4) is 0 Å². The van der Waals surface area contributed by atoms with Crippen molar-refractivity contribution in [3.05, 3.63) is 51.9 Å². The van der Waals surface area contributed by atoms with E-state index in [4.69, 9.17) is 16.7 Å². The topological polar surface area (TPSA) is 72.2 Å². The SMILES string of the molecule is O=C(O)Cn1ncc(Cl)c(-c2ccccc2)c1=O. The minimum atomic E-state index is -1.13. The summed E-state index contributed by atoms with van der Waals surface area (Å²) < 4.78 is 0.872. The van der Waals surface area contributed by atoms with Crippen LogP contribution in [0, 0.1) is 0 Å². The molecule has 0 spiro atoms. The Morgan fingerprint density at radius 1 is 1.33 bits per heavy atom. The average molecular weight is 265 g/mol. The van der Waals surface area contributed by atoms with Gasteiger partial charge in [0.25, 0.3) is 5.56 Å². The fraction of sp³-hybridized carbons (Fsp3) is 0.0833. The molecule has 6 heteroatoms. The Morgan fingerprint density at radius 2 is 2.00 bits per heavy atom. The molecule has 0 aliphatic carbocycles. The summed E-state index contributed by atoms with van der Waals surface area (Å²) in [5.41, 5.74) is 0.374. The number of nitrogens with zero attached hydrogens (tertiary/aromatic N) is 2. The van der Waals surface area contributed by atoms with Crippen molar-refractivity contribution in [3.8, 4) is 11.1 Å². The first-order valence-corrected chi connectivity index (χ1v) is 5.50. The van der Waals surface area contributed by atoms with Crippen LogP contribution >= 0.6 is 11.6 Å². The van der Waals surface area contributed by atoms with Gasteiger partial charge in [-0.05, 0) is 5.56 Å². The van der Waals surface area contributed by atoms with Crippen LogP contribution in [0.5, 0.6) is 0 Å². The van der Waals surface area contributed by atoms with Gasteiger partial charge in [0.15, 0.2) is 0 Å². The molecule has 2 aromatic rings. The highest BCUT2D eigenvalue weighted by molar-refractivity contribution is 6.33. The van der Waals surface area contributed by atoms with E-state index in [1.807, 2.05) is 6.07 Å². The summed E-state index contributed by atoms with van der Waals surface area (Å²) >= 11 is 5.95. The predicted octanol–water partition coefficient (Wildman–Crippen LogP) is 1.65. The van der Waals surface area contributed by atoms with Gasteiger partial charge in [-0.15, -0.1) is 0 Å². The lowest BCUT2D eigenvalue weighted by atomic mass is 10.1. The number of hydrogen-bond acceptors (Lipinski definition) is 3. The van der Waals surface area contributed by atoms with Crippen molar-refractivity contribution in [2.75, 3.05) is 0 Å². The third-order valence-electron chi connectivity index (χ3n) is 2.35. The summed E-state index contributed by atoms with van der Waals surface area (Å²) in [4.78, 5) is 22.7. The summed E-state index contributed by atoms with van der Waals surface area (Å²) in [6, 6.07) is 8.82. The first-order chi connectivity index (χ1) is 8.59. The molecule has 1 aromatic carbocycles. The van der Waals surface area contributed by atoms with Gasteiger partial charge in [0.2, 0.25) is 0 Å². The van der Waals surface area contributed by atoms with Crippen LogP contribution in [-0.2, 0) is 11.3 Å². The highest BCUT2D eigenvalue weighted by atomic mass is 35.5. The van der Waals surface area contributed by atoms with E-state index in [9.17, 15) is 9.59 Å². The molecule has 0 aliphatic rings. The maximum absolute atomic E-state index is 12.1. The van der Waals surface area contributed by atoms with Gasteiger partial charge in [-0.1, -0.05) is 41.9 Å². The van der Waals surface area contributed by atoms with E-state index in [1.54, 1.807) is 24.3 Å². The first-order valence-electron chi connectivity index (χ1n) is 5.12. The van der Waals surface area contributed by atoms with Crippen LogP contribution in [0.2, 0.25) is 5.02 Å². The third-order valence-corrected chi connectivity index (χ3v) is 2.63. The molecule has 0 saturated heterocycles. The fourth-order valence-electron chi connectivity index (χ4n) is 1.58. The highest BCUT2D eigenvalue weighted by Gasteiger charge is 2.13. The number of hydrogen-bond donors (Lipinski definition) is 1. The van der Waals surface area contributed by atoms with Gasteiger partial charge < -0.3 is 5.11 Å². The zero-order valence-electron chi connectivity index (χ0n) is 9.21. The van der Waals surface area contributed by atoms with Crippen LogP contribution < -0.4 is 5.56 Å². The van der Waals surface area contributed by atoms with Gasteiger partial charge in [-0.3, -0.25) is 9.59 Å². The van der Waals surface area contributed by atoms with Crippen molar-refractivity contribution >= 4 is 17.6 Å². The molecule has 0 unspecified atom stereocenters. The second-order valence-corrected chi connectivity index (χ2v) is 4.00. The fourth-order valence-corrected chi connectivity index (χ4v) is 1.81. The third kappa shape index (κ3) is 2.41. The number of aromatic nitrogens is 2. The monoisotopic (exact) mass is 264 g/mol. The van der Waals surface area contributed by atoms with E-state index in [1.165, 1.54) is 6.20 Å². The Labute approximate surface area is 107 Å². The minimum Gasteiger partial charge on any atom is -0.480 e. The molecule has 0 radical (unpaired) electrons. The summed E-state index contributed by atoms with van der Waals surface area (Å²) in [6.07, 6.45) is 1.27. The summed E-state index contributed by atoms with van der Waals surface area (Å²) in [6.45, 7) is -0.490. The molecule has 1 N–H and O–H groups in total. The average Bonchev–Trinajstić information content (AvgIpc) is 2.34. The zero-order chi connectivity index (χ0) is 13.1. The number of halogens is 1. The molecule has 92 valence electrons. The van der Waals surface area contributed by atoms with E-state index in [0.717, 1.165) is 4.68 Å². The van der Waals surface area contributed by atoms with Crippen molar-refractivity contribution in [3.63, 3.8) is 0 Å². The van der Waals surface area contributed by atoms with E-state index in [0.29, 0.717) is 5.56 Å². The lowest BCUT2D eigenvalue weighted by molar-refractivity contribution is -0.138. The van der Waals surface area contributed by atoms with Gasteiger partial charge in [-0.25, -0.2) is 4.68 Å². The van der Waals surface area contributed by atoms with Crippen LogP contribution in [0.25, 0.3) is 11.1 Å². The molecule has 0 bridgehead atoms. The molecule has 0 atom stereocenters. The van der Waals surface area contributed by atoms with Gasteiger partial charge in [0.1, 0.15) is 6.54 Å². The minimum absolute atomic E-state index is 0.202. The Morgan fingerprint density at radius 3 is 2.61 bits per heavy atom. The molecular weight excluding hydrogens is 256 g/mol. The molecule has 0 aliphatic heterocycles. The maximum atomic E-state index is 12.1. The molecule has 0 saturated carbocycles. The van der Waals surface area contributed by atoms with Crippen molar-refractivity contribution in [1.29, 1.82) is 0 Å². The largest absolute Gasteiger partial charge is 0.480 e. The molecule has 5 nitrogen and oxygen atoms in total. The number of rotatable bonds is 3. The lowest BCUT2D eigenvalue weighted by Gasteiger charge is -2.06. The lowest BCUT2D eigenvalue weighted by Crippen LogP contribution is -2.27. The van der Waals surface area contributed by atoms with Crippen molar-refractivity contribution < 1.29 is 9.90 Å².